The molecule has 1 aromatic rings. The largest absolute Gasteiger partial charge is 0.481 e. The lowest BCUT2D eigenvalue weighted by Crippen LogP contribution is -2.41. The van der Waals surface area contributed by atoms with E-state index in [0.717, 1.165) is 0 Å². The van der Waals surface area contributed by atoms with Gasteiger partial charge in [0.05, 0.1) is 6.42 Å². The number of rotatable bonds is 6. The Bertz CT molecular complexity index is 596. The summed E-state index contributed by atoms with van der Waals surface area (Å²) in [5.41, 5.74) is 5.15. The van der Waals surface area contributed by atoms with Crippen molar-refractivity contribution in [3.8, 4) is 0 Å². The van der Waals surface area contributed by atoms with Gasteiger partial charge < -0.3 is 10.4 Å². The topological polar surface area (TPSA) is 125 Å². The lowest BCUT2D eigenvalue weighted by Gasteiger charge is -2.09. The van der Waals surface area contributed by atoms with Gasteiger partial charge in [0.1, 0.15) is 0 Å². The molecular formula is C15H19N3O5. The second kappa shape index (κ2) is 8.52. The van der Waals surface area contributed by atoms with E-state index in [4.69, 9.17) is 5.11 Å². The van der Waals surface area contributed by atoms with Crippen molar-refractivity contribution < 1.29 is 24.3 Å². The van der Waals surface area contributed by atoms with E-state index in [1.165, 1.54) is 12.1 Å². The van der Waals surface area contributed by atoms with E-state index >= 15 is 0 Å². The number of carbonyl (C=O) groups is 4. The van der Waals surface area contributed by atoms with Gasteiger partial charge in [-0.05, 0) is 24.3 Å². The van der Waals surface area contributed by atoms with Crippen LogP contribution in [-0.2, 0) is 14.4 Å². The van der Waals surface area contributed by atoms with Gasteiger partial charge >= 0.3 is 5.97 Å². The molecule has 0 fully saturated rings. The Labute approximate surface area is 133 Å². The van der Waals surface area contributed by atoms with Crippen molar-refractivity contribution in [1.82, 2.24) is 10.9 Å². The number of anilines is 1. The minimum absolute atomic E-state index is 0.132. The van der Waals surface area contributed by atoms with Crippen molar-refractivity contribution in [2.45, 2.75) is 26.7 Å². The molecule has 0 bridgehead atoms. The van der Waals surface area contributed by atoms with E-state index in [-0.39, 0.29) is 30.2 Å². The molecule has 1 rings (SSSR count). The Morgan fingerprint density at radius 1 is 1.00 bits per heavy atom. The standard InChI is InChI=1S/C15H19N3O5/c1-9(2)14(22)16-11-5-3-10(4-6-11)15(23)18-17-12(19)7-8-13(20)21/h3-6,9H,7-8H2,1-2H3,(H,16,22)(H,17,19)(H,18,23)(H,20,21). The summed E-state index contributed by atoms with van der Waals surface area (Å²) in [5.74, 6) is -2.52. The van der Waals surface area contributed by atoms with Gasteiger partial charge in [-0.3, -0.25) is 30.0 Å². The number of benzene rings is 1. The number of hydrazine groups is 1. The highest BCUT2D eigenvalue weighted by atomic mass is 16.4. The van der Waals surface area contributed by atoms with Crippen LogP contribution in [0.15, 0.2) is 24.3 Å². The molecule has 0 spiro atoms. The highest BCUT2D eigenvalue weighted by molar-refractivity contribution is 5.97. The van der Waals surface area contributed by atoms with Crippen LogP contribution < -0.4 is 16.2 Å². The summed E-state index contributed by atoms with van der Waals surface area (Å²) in [6.07, 6.45) is -0.540. The van der Waals surface area contributed by atoms with E-state index < -0.39 is 17.8 Å². The molecule has 0 aliphatic rings. The fourth-order valence-electron chi connectivity index (χ4n) is 1.47. The average Bonchev–Trinajstić information content (AvgIpc) is 2.51. The van der Waals surface area contributed by atoms with Crippen molar-refractivity contribution in [1.29, 1.82) is 0 Å². The monoisotopic (exact) mass is 321 g/mol. The van der Waals surface area contributed by atoms with Crippen LogP contribution in [0, 0.1) is 5.92 Å². The molecule has 0 aromatic heterocycles. The third-order valence-corrected chi connectivity index (χ3v) is 2.82. The molecule has 8 nitrogen and oxygen atoms in total. The predicted octanol–water partition coefficient (Wildman–Crippen LogP) is 0.907. The lowest BCUT2D eigenvalue weighted by molar-refractivity contribution is -0.138. The van der Waals surface area contributed by atoms with Gasteiger partial charge in [0.25, 0.3) is 5.91 Å². The Hall–Kier alpha value is -2.90. The number of carboxylic acids is 1. The summed E-state index contributed by atoms with van der Waals surface area (Å²) < 4.78 is 0. The molecule has 8 heteroatoms. The first kappa shape index (κ1) is 18.1. The second-order valence-electron chi connectivity index (χ2n) is 5.12. The molecule has 3 amide bonds. The molecule has 1 aromatic carbocycles. The van der Waals surface area contributed by atoms with Crippen LogP contribution in [0.4, 0.5) is 5.69 Å². The molecule has 0 radical (unpaired) electrons. The van der Waals surface area contributed by atoms with Crippen molar-refractivity contribution in [3.05, 3.63) is 29.8 Å². The molecule has 0 aliphatic heterocycles. The fourth-order valence-corrected chi connectivity index (χ4v) is 1.47. The molecular weight excluding hydrogens is 302 g/mol. The Morgan fingerprint density at radius 3 is 2.13 bits per heavy atom. The molecule has 0 saturated heterocycles. The number of amides is 3. The molecule has 0 atom stereocenters. The first-order chi connectivity index (χ1) is 10.8. The highest BCUT2D eigenvalue weighted by Crippen LogP contribution is 2.10. The molecule has 4 N–H and O–H groups in total. The number of carbonyl (C=O) groups excluding carboxylic acids is 3. The zero-order valence-corrected chi connectivity index (χ0v) is 12.9. The summed E-state index contributed by atoms with van der Waals surface area (Å²) in [5, 5.41) is 11.1. The number of aliphatic carboxylic acids is 1. The van der Waals surface area contributed by atoms with Crippen LogP contribution in [0.2, 0.25) is 0 Å². The van der Waals surface area contributed by atoms with Gasteiger partial charge in [0.2, 0.25) is 11.8 Å². The third-order valence-electron chi connectivity index (χ3n) is 2.82. The SMILES string of the molecule is CC(C)C(=O)Nc1ccc(C(=O)NNC(=O)CCC(=O)O)cc1. The summed E-state index contributed by atoms with van der Waals surface area (Å²) >= 11 is 0. The number of hydrogen-bond donors (Lipinski definition) is 4. The van der Waals surface area contributed by atoms with Crippen LogP contribution in [0.3, 0.4) is 0 Å². The smallest absolute Gasteiger partial charge is 0.303 e. The predicted molar refractivity (Wildman–Crippen MR) is 82.4 cm³/mol. The molecule has 23 heavy (non-hydrogen) atoms. The normalized spacial score (nSPS) is 10.0. The van der Waals surface area contributed by atoms with Crippen molar-refractivity contribution in [2.24, 2.45) is 5.92 Å². The maximum atomic E-state index is 11.8. The Balaban J connectivity index is 2.49. The molecule has 124 valence electrons. The van der Waals surface area contributed by atoms with Gasteiger partial charge in [-0.1, -0.05) is 13.8 Å². The first-order valence-electron chi connectivity index (χ1n) is 7.01. The van der Waals surface area contributed by atoms with Crippen LogP contribution in [-0.4, -0.2) is 28.8 Å². The fraction of sp³-hybridized carbons (Fsp3) is 0.333. The van der Waals surface area contributed by atoms with Crippen molar-refractivity contribution in [3.63, 3.8) is 0 Å². The first-order valence-corrected chi connectivity index (χ1v) is 7.01. The number of nitrogens with one attached hydrogen (secondary N) is 3. The molecule has 0 heterocycles. The zero-order valence-electron chi connectivity index (χ0n) is 12.9. The quantitative estimate of drug-likeness (QED) is 0.580. The van der Waals surface area contributed by atoms with E-state index in [1.54, 1.807) is 26.0 Å². The summed E-state index contributed by atoms with van der Waals surface area (Å²) in [6, 6.07) is 6.13. The van der Waals surface area contributed by atoms with Crippen LogP contribution in [0.25, 0.3) is 0 Å². The van der Waals surface area contributed by atoms with E-state index in [0.29, 0.717) is 5.69 Å². The lowest BCUT2D eigenvalue weighted by atomic mass is 10.1. The van der Waals surface area contributed by atoms with Gasteiger partial charge in [-0.25, -0.2) is 0 Å². The van der Waals surface area contributed by atoms with Gasteiger partial charge in [0, 0.05) is 23.6 Å². The third kappa shape index (κ3) is 6.60. The van der Waals surface area contributed by atoms with Crippen LogP contribution in [0.5, 0.6) is 0 Å². The maximum absolute atomic E-state index is 11.8. The van der Waals surface area contributed by atoms with Crippen LogP contribution >= 0.6 is 0 Å². The average molecular weight is 321 g/mol. The van der Waals surface area contributed by atoms with Gasteiger partial charge in [-0.2, -0.15) is 0 Å². The molecule has 0 aliphatic carbocycles. The van der Waals surface area contributed by atoms with Gasteiger partial charge in [0.15, 0.2) is 0 Å². The summed E-state index contributed by atoms with van der Waals surface area (Å²) in [4.78, 5) is 44.9. The highest BCUT2D eigenvalue weighted by Gasteiger charge is 2.10. The number of hydrogen-bond acceptors (Lipinski definition) is 4. The van der Waals surface area contributed by atoms with E-state index in [2.05, 4.69) is 16.2 Å². The number of carboxylic acid groups (broad SMARTS) is 1. The molecule has 0 unspecified atom stereocenters. The summed E-state index contributed by atoms with van der Waals surface area (Å²) in [7, 11) is 0. The van der Waals surface area contributed by atoms with Gasteiger partial charge in [-0.15, -0.1) is 0 Å². The minimum Gasteiger partial charge on any atom is -0.481 e. The van der Waals surface area contributed by atoms with Crippen LogP contribution in [0.1, 0.15) is 37.0 Å². The van der Waals surface area contributed by atoms with E-state index in [9.17, 15) is 19.2 Å². The van der Waals surface area contributed by atoms with Crippen molar-refractivity contribution in [2.75, 3.05) is 5.32 Å². The second-order valence-corrected chi connectivity index (χ2v) is 5.12. The summed E-state index contributed by atoms with van der Waals surface area (Å²) in [6.45, 7) is 3.54. The van der Waals surface area contributed by atoms with E-state index in [1.807, 2.05) is 0 Å². The van der Waals surface area contributed by atoms with Crippen molar-refractivity contribution >= 4 is 29.4 Å². The Kier molecular flexibility index (Phi) is 6.72. The zero-order chi connectivity index (χ0) is 17.4. The molecule has 0 saturated carbocycles. The maximum Gasteiger partial charge on any atom is 0.303 e. The Morgan fingerprint density at radius 2 is 1.61 bits per heavy atom. The minimum atomic E-state index is -1.09.